The van der Waals surface area contributed by atoms with Crippen LogP contribution in [0.25, 0.3) is 0 Å². The fourth-order valence-electron chi connectivity index (χ4n) is 2.49. The smallest absolute Gasteiger partial charge is 0.323 e. The van der Waals surface area contributed by atoms with Crippen molar-refractivity contribution in [2.45, 2.75) is 20.3 Å². The van der Waals surface area contributed by atoms with Gasteiger partial charge in [0.05, 0.1) is 13.2 Å². The van der Waals surface area contributed by atoms with E-state index in [-0.39, 0.29) is 12.6 Å². The van der Waals surface area contributed by atoms with E-state index in [0.717, 1.165) is 32.6 Å². The number of aromatic nitrogens is 3. The van der Waals surface area contributed by atoms with E-state index in [1.54, 1.807) is 11.9 Å². The molecule has 27 heavy (non-hydrogen) atoms. The first-order valence-corrected chi connectivity index (χ1v) is 9.37. The molecule has 10 nitrogen and oxygen atoms in total. The SMILES string of the molecule is CC(C)CCOCCOc1nc(N(C)CC(N)=O)nc(N2CCNCC2)n1. The normalized spacial score (nSPS) is 14.4. The molecule has 0 saturated carbocycles. The summed E-state index contributed by atoms with van der Waals surface area (Å²) in [6.07, 6.45) is 1.01. The highest BCUT2D eigenvalue weighted by Gasteiger charge is 2.18. The molecule has 10 heteroatoms. The topological polar surface area (TPSA) is 119 Å². The van der Waals surface area contributed by atoms with Crippen LogP contribution in [0.3, 0.4) is 0 Å². The molecule has 1 amide bonds. The number of piperazine rings is 1. The van der Waals surface area contributed by atoms with Gasteiger partial charge in [0.15, 0.2) is 0 Å². The number of carbonyl (C=O) groups excluding carboxylic acids is 1. The van der Waals surface area contributed by atoms with Crippen molar-refractivity contribution >= 4 is 17.8 Å². The van der Waals surface area contributed by atoms with Crippen LogP contribution >= 0.6 is 0 Å². The second kappa shape index (κ2) is 10.8. The summed E-state index contributed by atoms with van der Waals surface area (Å²) in [6, 6.07) is 0.220. The van der Waals surface area contributed by atoms with Crippen LogP contribution in [0.5, 0.6) is 6.01 Å². The van der Waals surface area contributed by atoms with E-state index < -0.39 is 5.91 Å². The average molecular weight is 381 g/mol. The molecule has 0 unspecified atom stereocenters. The molecule has 0 aromatic carbocycles. The summed E-state index contributed by atoms with van der Waals surface area (Å²) < 4.78 is 11.2. The lowest BCUT2D eigenvalue weighted by Gasteiger charge is -2.28. The van der Waals surface area contributed by atoms with Crippen molar-refractivity contribution in [1.29, 1.82) is 0 Å². The number of amides is 1. The number of primary amides is 1. The molecule has 0 aliphatic carbocycles. The Kier molecular flexibility index (Phi) is 8.46. The summed E-state index contributed by atoms with van der Waals surface area (Å²) in [4.78, 5) is 28.1. The number of carbonyl (C=O) groups is 1. The van der Waals surface area contributed by atoms with Crippen molar-refractivity contribution in [3.8, 4) is 6.01 Å². The summed E-state index contributed by atoms with van der Waals surface area (Å²) in [5.74, 6) is 1.05. The third kappa shape index (κ3) is 7.51. The molecule has 1 aromatic heterocycles. The third-order valence-corrected chi connectivity index (χ3v) is 4.02. The zero-order valence-electron chi connectivity index (χ0n) is 16.5. The van der Waals surface area contributed by atoms with Crippen molar-refractivity contribution in [3.63, 3.8) is 0 Å². The molecule has 1 aliphatic heterocycles. The molecule has 2 heterocycles. The largest absolute Gasteiger partial charge is 0.461 e. The van der Waals surface area contributed by atoms with Crippen LogP contribution in [0.15, 0.2) is 0 Å². The van der Waals surface area contributed by atoms with Gasteiger partial charge < -0.3 is 30.3 Å². The van der Waals surface area contributed by atoms with E-state index in [9.17, 15) is 4.79 Å². The highest BCUT2D eigenvalue weighted by molar-refractivity contribution is 5.78. The highest BCUT2D eigenvalue weighted by Crippen LogP contribution is 2.17. The van der Waals surface area contributed by atoms with Crippen LogP contribution in [0.1, 0.15) is 20.3 Å². The van der Waals surface area contributed by atoms with E-state index >= 15 is 0 Å². The second-order valence-corrected chi connectivity index (χ2v) is 6.92. The number of nitrogens with one attached hydrogen (secondary N) is 1. The summed E-state index contributed by atoms with van der Waals surface area (Å²) in [5, 5.41) is 3.29. The number of nitrogens with zero attached hydrogens (tertiary/aromatic N) is 5. The predicted octanol–water partition coefficient (Wildman–Crippen LogP) is -0.356. The van der Waals surface area contributed by atoms with Crippen LogP contribution in [-0.4, -0.2) is 80.5 Å². The summed E-state index contributed by atoms with van der Waals surface area (Å²) in [6.45, 7) is 9.16. The number of hydrogen-bond donors (Lipinski definition) is 2. The van der Waals surface area contributed by atoms with E-state index in [2.05, 4.69) is 39.0 Å². The molecule has 0 atom stereocenters. The van der Waals surface area contributed by atoms with Crippen molar-refractivity contribution < 1.29 is 14.3 Å². The predicted molar refractivity (Wildman–Crippen MR) is 103 cm³/mol. The van der Waals surface area contributed by atoms with Gasteiger partial charge in [-0.25, -0.2) is 0 Å². The summed E-state index contributed by atoms with van der Waals surface area (Å²) in [5.41, 5.74) is 5.28. The maximum atomic E-state index is 11.2. The Morgan fingerprint density at radius 3 is 2.63 bits per heavy atom. The van der Waals surface area contributed by atoms with Gasteiger partial charge in [0.25, 0.3) is 0 Å². The minimum Gasteiger partial charge on any atom is -0.461 e. The van der Waals surface area contributed by atoms with Crippen molar-refractivity contribution in [1.82, 2.24) is 20.3 Å². The lowest BCUT2D eigenvalue weighted by atomic mass is 10.1. The fourth-order valence-corrected chi connectivity index (χ4v) is 2.49. The Bertz CT molecular complexity index is 594. The van der Waals surface area contributed by atoms with Crippen LogP contribution in [0.2, 0.25) is 0 Å². The van der Waals surface area contributed by atoms with Crippen molar-refractivity contribution in [2.24, 2.45) is 11.7 Å². The summed E-state index contributed by atoms with van der Waals surface area (Å²) in [7, 11) is 1.71. The molecular weight excluding hydrogens is 350 g/mol. The van der Waals surface area contributed by atoms with E-state index in [1.165, 1.54) is 0 Å². The first kappa shape index (κ1) is 21.1. The van der Waals surface area contributed by atoms with Gasteiger partial charge in [-0.15, -0.1) is 0 Å². The fraction of sp³-hybridized carbons (Fsp3) is 0.765. The zero-order chi connectivity index (χ0) is 19.6. The molecule has 1 saturated heterocycles. The van der Waals surface area contributed by atoms with Gasteiger partial charge in [-0.05, 0) is 12.3 Å². The van der Waals surface area contributed by atoms with Gasteiger partial charge in [-0.2, -0.15) is 15.0 Å². The molecule has 1 aromatic rings. The Morgan fingerprint density at radius 2 is 1.96 bits per heavy atom. The Labute approximate surface area is 160 Å². The molecule has 0 spiro atoms. The van der Waals surface area contributed by atoms with Gasteiger partial charge in [0, 0.05) is 39.8 Å². The second-order valence-electron chi connectivity index (χ2n) is 6.92. The first-order valence-electron chi connectivity index (χ1n) is 9.37. The standard InChI is InChI=1S/C17H31N7O3/c1-13(2)4-9-26-10-11-27-17-21-15(23(3)12-14(18)25)20-16(22-17)24-7-5-19-6-8-24/h13,19H,4-12H2,1-3H3,(H2,18,25). The van der Waals surface area contributed by atoms with Gasteiger partial charge in [0.2, 0.25) is 17.8 Å². The molecule has 1 fully saturated rings. The molecular formula is C17H31N7O3. The van der Waals surface area contributed by atoms with Crippen LogP contribution in [0.4, 0.5) is 11.9 Å². The number of ether oxygens (including phenoxy) is 2. The highest BCUT2D eigenvalue weighted by atomic mass is 16.5. The minimum absolute atomic E-state index is 0.0166. The molecule has 0 radical (unpaired) electrons. The molecule has 152 valence electrons. The first-order chi connectivity index (χ1) is 13.0. The summed E-state index contributed by atoms with van der Waals surface area (Å²) >= 11 is 0. The van der Waals surface area contributed by atoms with Gasteiger partial charge >= 0.3 is 6.01 Å². The Hall–Kier alpha value is -2.20. The van der Waals surface area contributed by atoms with Crippen molar-refractivity contribution in [2.75, 3.05) is 69.4 Å². The van der Waals surface area contributed by atoms with Crippen LogP contribution < -0.4 is 25.6 Å². The molecule has 3 N–H and O–H groups in total. The minimum atomic E-state index is -0.456. The number of anilines is 2. The van der Waals surface area contributed by atoms with E-state index in [1.807, 2.05) is 0 Å². The third-order valence-electron chi connectivity index (χ3n) is 4.02. The lowest BCUT2D eigenvalue weighted by molar-refractivity contribution is -0.116. The quantitative estimate of drug-likeness (QED) is 0.495. The Morgan fingerprint density at radius 1 is 1.22 bits per heavy atom. The average Bonchev–Trinajstić information content (AvgIpc) is 2.64. The van der Waals surface area contributed by atoms with Gasteiger partial charge in [-0.3, -0.25) is 4.79 Å². The zero-order valence-corrected chi connectivity index (χ0v) is 16.5. The lowest BCUT2D eigenvalue weighted by Crippen LogP contribution is -2.44. The van der Waals surface area contributed by atoms with Crippen molar-refractivity contribution in [3.05, 3.63) is 0 Å². The monoisotopic (exact) mass is 381 g/mol. The maximum Gasteiger partial charge on any atom is 0.323 e. The van der Waals surface area contributed by atoms with Gasteiger partial charge in [0.1, 0.15) is 6.61 Å². The Balaban J connectivity index is 2.01. The number of hydrogen-bond acceptors (Lipinski definition) is 9. The number of nitrogens with two attached hydrogens (primary N) is 1. The maximum absolute atomic E-state index is 11.2. The van der Waals surface area contributed by atoms with Gasteiger partial charge in [-0.1, -0.05) is 13.8 Å². The van der Waals surface area contributed by atoms with E-state index in [4.69, 9.17) is 15.2 Å². The molecule has 1 aliphatic rings. The molecule has 2 rings (SSSR count). The van der Waals surface area contributed by atoms with Crippen LogP contribution in [-0.2, 0) is 9.53 Å². The number of rotatable bonds is 11. The van der Waals surface area contributed by atoms with E-state index in [0.29, 0.717) is 37.6 Å². The number of likely N-dealkylation sites (N-methyl/N-ethyl adjacent to an activating group) is 1. The molecule has 0 bridgehead atoms. The van der Waals surface area contributed by atoms with Crippen LogP contribution in [0, 0.1) is 5.92 Å².